The number of hydrogen-bond acceptors (Lipinski definition) is 3. The highest BCUT2D eigenvalue weighted by atomic mass is 32.2. The molecule has 0 amide bonds. The van der Waals surface area contributed by atoms with Crippen molar-refractivity contribution in [3.05, 3.63) is 83.6 Å². The minimum absolute atomic E-state index is 0.347. The first-order chi connectivity index (χ1) is 15.5. The second-order valence-corrected chi connectivity index (χ2v) is 11.3. The predicted octanol–water partition coefficient (Wildman–Crippen LogP) is 5.87. The molecule has 0 bridgehead atoms. The van der Waals surface area contributed by atoms with Crippen molar-refractivity contribution < 1.29 is 13.2 Å². The molecule has 3 aromatic rings. The van der Waals surface area contributed by atoms with E-state index < -0.39 is 15.7 Å². The molecule has 1 saturated carbocycles. The molecule has 1 atom stereocenters. The average molecular weight is 446 g/mol. The van der Waals surface area contributed by atoms with Gasteiger partial charge in [-0.15, -0.1) is 0 Å². The summed E-state index contributed by atoms with van der Waals surface area (Å²) in [5.41, 5.74) is 2.59. The molecule has 0 N–H and O–H groups in total. The topological polar surface area (TPSA) is 46.6 Å². The molecule has 1 saturated heterocycles. The molecular weight excluding hydrogens is 418 g/mol. The molecule has 164 valence electrons. The summed E-state index contributed by atoms with van der Waals surface area (Å²) in [7, 11) is -3.63. The second-order valence-electron chi connectivity index (χ2n) is 9.40. The molecule has 3 aromatic carbocycles. The van der Waals surface area contributed by atoms with Gasteiger partial charge in [-0.05, 0) is 60.7 Å². The summed E-state index contributed by atoms with van der Waals surface area (Å²) in [5.74, 6) is 1.44. The van der Waals surface area contributed by atoms with E-state index in [0.717, 1.165) is 42.6 Å². The average Bonchev–Trinajstić information content (AvgIpc) is 3.46. The van der Waals surface area contributed by atoms with Crippen LogP contribution < -0.4 is 0 Å². The van der Waals surface area contributed by atoms with Crippen LogP contribution in [0.15, 0.2) is 77.4 Å². The van der Waals surface area contributed by atoms with Crippen LogP contribution in [0.2, 0.25) is 0 Å². The van der Waals surface area contributed by atoms with Gasteiger partial charge in [0.05, 0.1) is 4.90 Å². The van der Waals surface area contributed by atoms with E-state index in [0.29, 0.717) is 23.8 Å². The third kappa shape index (κ3) is 3.18. The predicted molar refractivity (Wildman–Crippen MR) is 126 cm³/mol. The smallest absolute Gasteiger partial charge is 0.246 e. The summed E-state index contributed by atoms with van der Waals surface area (Å²) in [6.45, 7) is 2.47. The van der Waals surface area contributed by atoms with Gasteiger partial charge in [-0.1, -0.05) is 54.1 Å². The van der Waals surface area contributed by atoms with E-state index in [4.69, 9.17) is 4.74 Å². The van der Waals surface area contributed by atoms with Gasteiger partial charge in [0.25, 0.3) is 0 Å². The number of aryl methyl sites for hydroxylation is 1. The fraction of sp³-hybridized carbons (Fsp3) is 0.333. The molecule has 4 nitrogen and oxygen atoms in total. The summed E-state index contributed by atoms with van der Waals surface area (Å²) >= 11 is 0. The third-order valence-electron chi connectivity index (χ3n) is 7.09. The quantitative estimate of drug-likeness (QED) is 0.504. The molecule has 0 unspecified atom stereocenters. The summed E-state index contributed by atoms with van der Waals surface area (Å²) in [6.07, 6.45) is 4.39. The van der Waals surface area contributed by atoms with Gasteiger partial charge >= 0.3 is 0 Å². The van der Waals surface area contributed by atoms with Crippen molar-refractivity contribution in [3.8, 4) is 0 Å². The number of hydrogen-bond donors (Lipinski definition) is 0. The highest BCUT2D eigenvalue weighted by Crippen LogP contribution is 2.54. The maximum atomic E-state index is 13.6. The lowest BCUT2D eigenvalue weighted by atomic mass is 9.94. The van der Waals surface area contributed by atoms with Gasteiger partial charge < -0.3 is 4.74 Å². The van der Waals surface area contributed by atoms with Gasteiger partial charge in [0.15, 0.2) is 5.72 Å². The Kier molecular flexibility index (Phi) is 4.50. The van der Waals surface area contributed by atoms with E-state index >= 15 is 0 Å². The lowest BCUT2D eigenvalue weighted by Crippen LogP contribution is -2.47. The first kappa shape index (κ1) is 20.0. The Hall–Kier alpha value is -2.63. The van der Waals surface area contributed by atoms with Crippen LogP contribution in [0.4, 0.5) is 0 Å². The van der Waals surface area contributed by atoms with Crippen LogP contribution in [0.5, 0.6) is 0 Å². The lowest BCUT2D eigenvalue weighted by molar-refractivity contribution is -0.0462. The van der Waals surface area contributed by atoms with Crippen LogP contribution in [0.1, 0.15) is 43.2 Å². The van der Waals surface area contributed by atoms with E-state index in [-0.39, 0.29) is 0 Å². The fourth-order valence-corrected chi connectivity index (χ4v) is 6.98. The van der Waals surface area contributed by atoms with Gasteiger partial charge in [-0.25, -0.2) is 8.42 Å². The van der Waals surface area contributed by atoms with Crippen molar-refractivity contribution in [3.63, 3.8) is 0 Å². The van der Waals surface area contributed by atoms with E-state index in [1.54, 1.807) is 16.4 Å². The van der Waals surface area contributed by atoms with Gasteiger partial charge in [-0.3, -0.25) is 0 Å². The Morgan fingerprint density at radius 3 is 2.47 bits per heavy atom. The molecule has 0 aromatic heterocycles. The Balaban J connectivity index is 1.40. The summed E-state index contributed by atoms with van der Waals surface area (Å²) < 4.78 is 35.6. The Bertz CT molecular complexity index is 1340. The number of fused-ring (bicyclic) bond motifs is 1. The molecule has 2 fully saturated rings. The fourth-order valence-electron chi connectivity index (χ4n) is 5.24. The molecule has 32 heavy (non-hydrogen) atoms. The number of benzene rings is 3. The minimum Gasteiger partial charge on any atom is -0.475 e. The molecule has 2 aliphatic heterocycles. The Labute approximate surface area is 189 Å². The number of rotatable bonds is 4. The first-order valence-corrected chi connectivity index (χ1v) is 12.9. The van der Waals surface area contributed by atoms with E-state index in [1.807, 2.05) is 19.1 Å². The molecule has 6 rings (SSSR count). The molecule has 2 heterocycles. The van der Waals surface area contributed by atoms with Crippen molar-refractivity contribution >= 4 is 26.4 Å². The van der Waals surface area contributed by atoms with Crippen molar-refractivity contribution in [2.45, 2.75) is 49.6 Å². The van der Waals surface area contributed by atoms with Crippen LogP contribution in [0.3, 0.4) is 0 Å². The highest BCUT2D eigenvalue weighted by Gasteiger charge is 2.55. The molecule has 0 radical (unpaired) electrons. The summed E-state index contributed by atoms with van der Waals surface area (Å²) in [6, 6.07) is 22.1. The van der Waals surface area contributed by atoms with Crippen molar-refractivity contribution in [1.82, 2.24) is 4.31 Å². The summed E-state index contributed by atoms with van der Waals surface area (Å²) in [4.78, 5) is 0.347. The maximum Gasteiger partial charge on any atom is 0.246 e. The third-order valence-corrected chi connectivity index (χ3v) is 9.05. The zero-order valence-corrected chi connectivity index (χ0v) is 19.1. The monoisotopic (exact) mass is 445 g/mol. The molecular formula is C27H27NO3S. The largest absolute Gasteiger partial charge is 0.475 e. The zero-order valence-electron chi connectivity index (χ0n) is 18.3. The van der Waals surface area contributed by atoms with Crippen LogP contribution in [0, 0.1) is 12.8 Å². The van der Waals surface area contributed by atoms with Crippen molar-refractivity contribution in [2.75, 3.05) is 6.54 Å². The van der Waals surface area contributed by atoms with Gasteiger partial charge in [0.1, 0.15) is 5.76 Å². The normalized spacial score (nSPS) is 23.9. The van der Waals surface area contributed by atoms with Crippen LogP contribution in [0.25, 0.3) is 16.3 Å². The lowest BCUT2D eigenvalue weighted by Gasteiger charge is -2.34. The first-order valence-electron chi connectivity index (χ1n) is 11.5. The maximum absolute atomic E-state index is 13.6. The molecule has 3 aliphatic rings. The second kappa shape index (κ2) is 7.19. The number of ether oxygens (including phenoxy) is 1. The molecule has 1 spiro atoms. The van der Waals surface area contributed by atoms with Crippen molar-refractivity contribution in [2.24, 2.45) is 5.92 Å². The molecule has 1 aliphatic carbocycles. The van der Waals surface area contributed by atoms with Crippen LogP contribution in [-0.2, 0) is 14.8 Å². The van der Waals surface area contributed by atoms with E-state index in [2.05, 4.69) is 42.5 Å². The van der Waals surface area contributed by atoms with Crippen molar-refractivity contribution in [1.29, 1.82) is 0 Å². The number of nitrogens with zero attached hydrogens (tertiary/aromatic N) is 1. The zero-order chi connectivity index (χ0) is 21.9. The highest BCUT2D eigenvalue weighted by molar-refractivity contribution is 7.89. The van der Waals surface area contributed by atoms with Crippen LogP contribution >= 0.6 is 0 Å². The standard InChI is InChI=1S/C27H27NO3S/c1-19-7-13-24(14-8-19)32(29,30)28-16-4-15-27(28)18-25(26(31-27)21-10-11-21)23-12-9-20-5-2-3-6-22(20)17-23/h2-3,5-9,12-14,17,21H,4,10-11,15-16,18H2,1H3/t27-/m1/s1. The Morgan fingerprint density at radius 2 is 1.72 bits per heavy atom. The molecule has 5 heteroatoms. The van der Waals surface area contributed by atoms with Gasteiger partial charge in [-0.2, -0.15) is 4.31 Å². The SMILES string of the molecule is Cc1ccc(S(=O)(=O)N2CCC[C@@]23CC(c2ccc4ccccc4c2)=C(C2CC2)O3)cc1. The minimum atomic E-state index is -3.63. The number of sulfonamides is 1. The van der Waals surface area contributed by atoms with E-state index in [9.17, 15) is 8.42 Å². The Morgan fingerprint density at radius 1 is 0.969 bits per heavy atom. The van der Waals surface area contributed by atoms with Gasteiger partial charge in [0.2, 0.25) is 10.0 Å². The summed E-state index contributed by atoms with van der Waals surface area (Å²) in [5, 5.41) is 2.41. The number of allylic oxidation sites excluding steroid dienone is 1. The van der Waals surface area contributed by atoms with Crippen LogP contribution in [-0.4, -0.2) is 25.0 Å². The van der Waals surface area contributed by atoms with E-state index in [1.165, 1.54) is 16.3 Å². The van der Waals surface area contributed by atoms with Gasteiger partial charge in [0, 0.05) is 30.9 Å².